The van der Waals surface area contributed by atoms with Gasteiger partial charge in [0.25, 0.3) is 0 Å². The molecule has 0 aliphatic rings. The van der Waals surface area contributed by atoms with Crippen molar-refractivity contribution < 1.29 is 0 Å². The van der Waals surface area contributed by atoms with Crippen molar-refractivity contribution >= 4 is 42.4 Å². The van der Waals surface area contributed by atoms with Gasteiger partial charge in [-0.3, -0.25) is 4.98 Å². The molecule has 0 aliphatic heterocycles. The summed E-state index contributed by atoms with van der Waals surface area (Å²) in [6, 6.07) is 43.7. The first-order valence-corrected chi connectivity index (χ1v) is 14.3. The summed E-state index contributed by atoms with van der Waals surface area (Å²) in [6.45, 7) is 0. The lowest BCUT2D eigenvalue weighted by atomic mass is 9.99. The maximum atomic E-state index is 4.91. The van der Waals surface area contributed by atoms with E-state index in [1.54, 1.807) is 11.3 Å². The summed E-state index contributed by atoms with van der Waals surface area (Å²) in [4.78, 5) is 19.5. The highest BCUT2D eigenvalue weighted by atomic mass is 32.1. The van der Waals surface area contributed by atoms with Crippen molar-refractivity contribution in [1.29, 1.82) is 0 Å². The van der Waals surface area contributed by atoms with Crippen molar-refractivity contribution in [3.8, 4) is 45.3 Å². The van der Waals surface area contributed by atoms with Crippen molar-refractivity contribution in [2.75, 3.05) is 0 Å². The van der Waals surface area contributed by atoms with Crippen LogP contribution in [0.1, 0.15) is 0 Å². The molecule has 0 bridgehead atoms. The van der Waals surface area contributed by atoms with Crippen molar-refractivity contribution in [3.05, 3.63) is 134 Å². The van der Waals surface area contributed by atoms with Crippen molar-refractivity contribution in [2.45, 2.75) is 0 Å². The van der Waals surface area contributed by atoms with Crippen LogP contribution in [-0.2, 0) is 0 Å². The molecule has 0 radical (unpaired) electrons. The first kappa shape index (κ1) is 23.6. The Labute approximate surface area is 240 Å². The Bertz CT molecular complexity index is 2150. The molecule has 0 aliphatic carbocycles. The Hall–Kier alpha value is -5.26. The van der Waals surface area contributed by atoms with Gasteiger partial charge < -0.3 is 0 Å². The largest absolute Gasteiger partial charge is 0.255 e. The van der Waals surface area contributed by atoms with Crippen molar-refractivity contribution in [1.82, 2.24) is 19.9 Å². The number of benzene rings is 5. The van der Waals surface area contributed by atoms with E-state index in [1.807, 2.05) is 66.9 Å². The number of hydrogen-bond donors (Lipinski definition) is 0. The number of fused-ring (bicyclic) bond motifs is 5. The average Bonchev–Trinajstić information content (AvgIpc) is 3.44. The summed E-state index contributed by atoms with van der Waals surface area (Å²) < 4.78 is 2.50. The fourth-order valence-corrected chi connectivity index (χ4v) is 6.46. The van der Waals surface area contributed by atoms with E-state index in [2.05, 4.69) is 66.7 Å². The monoisotopic (exact) mass is 542 g/mol. The Balaban J connectivity index is 1.25. The molecule has 0 N–H and O–H groups in total. The van der Waals surface area contributed by atoms with Crippen LogP contribution in [0.25, 0.3) is 76.4 Å². The number of nitrogens with zero attached hydrogens (tertiary/aromatic N) is 4. The van der Waals surface area contributed by atoms with Crippen LogP contribution in [0.3, 0.4) is 0 Å². The number of thiophene rings is 1. The van der Waals surface area contributed by atoms with E-state index in [9.17, 15) is 0 Å². The smallest absolute Gasteiger partial charge is 0.164 e. The van der Waals surface area contributed by atoms with Gasteiger partial charge >= 0.3 is 0 Å². The third-order valence-electron chi connectivity index (χ3n) is 7.36. The summed E-state index contributed by atoms with van der Waals surface area (Å²) in [7, 11) is 0. The SMILES string of the molecule is c1ccc(-c2nc(-c3ccccc3)nc(-c3cccc(-c4ccc5c(c4)ncc4sc6ccccc6c45)c3)n2)cc1. The number of aromatic nitrogens is 4. The fraction of sp³-hybridized carbons (Fsp3) is 0. The van der Waals surface area contributed by atoms with E-state index in [0.29, 0.717) is 17.5 Å². The number of hydrogen-bond acceptors (Lipinski definition) is 5. The molecular formula is C36H22N4S. The number of pyridine rings is 1. The molecule has 0 atom stereocenters. The normalized spacial score (nSPS) is 11.4. The lowest BCUT2D eigenvalue weighted by Gasteiger charge is -2.10. The minimum absolute atomic E-state index is 0.643. The summed E-state index contributed by atoms with van der Waals surface area (Å²) in [5.41, 5.74) is 6.03. The maximum Gasteiger partial charge on any atom is 0.164 e. The minimum atomic E-state index is 0.643. The minimum Gasteiger partial charge on any atom is -0.255 e. The Morgan fingerprint density at radius 1 is 0.415 bits per heavy atom. The molecule has 41 heavy (non-hydrogen) atoms. The Morgan fingerprint density at radius 3 is 1.73 bits per heavy atom. The first-order chi connectivity index (χ1) is 20.3. The Kier molecular flexibility index (Phi) is 5.61. The molecule has 0 saturated heterocycles. The summed E-state index contributed by atoms with van der Waals surface area (Å²) in [5, 5.41) is 3.74. The first-order valence-electron chi connectivity index (χ1n) is 13.5. The zero-order valence-electron chi connectivity index (χ0n) is 21.9. The van der Waals surface area contributed by atoms with Crippen LogP contribution in [0.4, 0.5) is 0 Å². The van der Waals surface area contributed by atoms with Crippen LogP contribution in [-0.4, -0.2) is 19.9 Å². The van der Waals surface area contributed by atoms with Gasteiger partial charge in [-0.05, 0) is 29.3 Å². The van der Waals surface area contributed by atoms with Gasteiger partial charge in [-0.25, -0.2) is 15.0 Å². The fourth-order valence-electron chi connectivity index (χ4n) is 5.37. The predicted octanol–water partition coefficient (Wildman–Crippen LogP) is 9.46. The van der Waals surface area contributed by atoms with Gasteiger partial charge in [0.15, 0.2) is 17.5 Å². The summed E-state index contributed by atoms with van der Waals surface area (Å²) in [6.07, 6.45) is 2.00. The third-order valence-corrected chi connectivity index (χ3v) is 8.47. The van der Waals surface area contributed by atoms with E-state index in [4.69, 9.17) is 19.9 Å². The van der Waals surface area contributed by atoms with Crippen LogP contribution in [0.2, 0.25) is 0 Å². The zero-order valence-corrected chi connectivity index (χ0v) is 22.7. The van der Waals surface area contributed by atoms with Crippen LogP contribution in [0, 0.1) is 0 Å². The lowest BCUT2D eigenvalue weighted by Crippen LogP contribution is -2.00. The molecule has 8 rings (SSSR count). The van der Waals surface area contributed by atoms with Gasteiger partial charge in [-0.15, -0.1) is 11.3 Å². The zero-order chi connectivity index (χ0) is 27.2. The van der Waals surface area contributed by atoms with Gasteiger partial charge in [0, 0.05) is 43.7 Å². The topological polar surface area (TPSA) is 51.6 Å². The molecule has 0 unspecified atom stereocenters. The van der Waals surface area contributed by atoms with E-state index < -0.39 is 0 Å². The van der Waals surface area contributed by atoms with Gasteiger partial charge in [-0.1, -0.05) is 109 Å². The second-order valence-electron chi connectivity index (χ2n) is 9.95. The molecule has 192 valence electrons. The highest BCUT2D eigenvalue weighted by Crippen LogP contribution is 2.38. The van der Waals surface area contributed by atoms with E-state index in [0.717, 1.165) is 33.3 Å². The highest BCUT2D eigenvalue weighted by molar-refractivity contribution is 7.26. The van der Waals surface area contributed by atoms with Gasteiger partial charge in [-0.2, -0.15) is 0 Å². The number of rotatable bonds is 4. The maximum absolute atomic E-state index is 4.91. The van der Waals surface area contributed by atoms with Crippen LogP contribution >= 0.6 is 11.3 Å². The standard InChI is InChI=1S/C36H22N4S/c1-3-10-23(11-4-1)34-38-35(24-12-5-2-6-13-24)40-36(39-34)27-15-9-14-25(20-27)26-18-19-28-30(21-26)37-22-32-33(28)29-16-7-8-17-31(29)41-32/h1-22H. The molecule has 0 amide bonds. The van der Waals surface area contributed by atoms with Crippen LogP contribution in [0.15, 0.2) is 134 Å². The molecule has 0 saturated carbocycles. The van der Waals surface area contributed by atoms with Crippen LogP contribution < -0.4 is 0 Å². The van der Waals surface area contributed by atoms with Gasteiger partial charge in [0.2, 0.25) is 0 Å². The molecular weight excluding hydrogens is 520 g/mol. The second kappa shape index (κ2) is 9.73. The Morgan fingerprint density at radius 2 is 1.00 bits per heavy atom. The van der Waals surface area contributed by atoms with E-state index in [-0.39, 0.29) is 0 Å². The van der Waals surface area contributed by atoms with Crippen LogP contribution in [0.5, 0.6) is 0 Å². The van der Waals surface area contributed by atoms with Crippen molar-refractivity contribution in [2.24, 2.45) is 0 Å². The lowest BCUT2D eigenvalue weighted by molar-refractivity contribution is 1.07. The molecule has 4 nitrogen and oxygen atoms in total. The quantitative estimate of drug-likeness (QED) is 0.222. The average molecular weight is 543 g/mol. The predicted molar refractivity (Wildman–Crippen MR) is 170 cm³/mol. The molecule has 3 aromatic heterocycles. The van der Waals surface area contributed by atoms with Gasteiger partial charge in [0.1, 0.15) is 0 Å². The molecule has 8 aromatic rings. The summed E-state index contributed by atoms with van der Waals surface area (Å²) >= 11 is 1.79. The molecule has 0 spiro atoms. The van der Waals surface area contributed by atoms with Gasteiger partial charge in [0.05, 0.1) is 10.2 Å². The summed E-state index contributed by atoms with van der Waals surface area (Å²) in [5.74, 6) is 1.95. The third kappa shape index (κ3) is 4.24. The van der Waals surface area contributed by atoms with E-state index >= 15 is 0 Å². The molecule has 3 heterocycles. The molecule has 5 aromatic carbocycles. The molecule has 5 heteroatoms. The second-order valence-corrected chi connectivity index (χ2v) is 11.0. The van der Waals surface area contributed by atoms with Crippen molar-refractivity contribution in [3.63, 3.8) is 0 Å². The highest BCUT2D eigenvalue weighted by Gasteiger charge is 2.14. The van der Waals surface area contributed by atoms with E-state index in [1.165, 1.54) is 25.6 Å². The molecule has 0 fully saturated rings.